The van der Waals surface area contributed by atoms with Crippen molar-refractivity contribution in [2.24, 2.45) is 0 Å². The fourth-order valence-corrected chi connectivity index (χ4v) is 3.74. The SMILES string of the molecule is O=C(c1ccc(Cl)cc1)N1C(=O)c2ccccc2S1(=O)=O. The van der Waals surface area contributed by atoms with Gasteiger partial charge in [0.05, 0.1) is 5.56 Å². The molecule has 0 saturated carbocycles. The highest BCUT2D eigenvalue weighted by atomic mass is 35.5. The molecule has 2 aromatic rings. The number of hydrogen-bond acceptors (Lipinski definition) is 4. The molecule has 1 aliphatic heterocycles. The lowest BCUT2D eigenvalue weighted by Gasteiger charge is -2.13. The fourth-order valence-electron chi connectivity index (χ4n) is 2.10. The van der Waals surface area contributed by atoms with Crippen molar-refractivity contribution in [1.29, 1.82) is 0 Å². The van der Waals surface area contributed by atoms with Crippen molar-refractivity contribution >= 4 is 33.4 Å². The minimum absolute atomic E-state index is 0.000173. The zero-order valence-corrected chi connectivity index (χ0v) is 12.1. The summed E-state index contributed by atoms with van der Waals surface area (Å²) in [5.74, 6) is -1.74. The Bertz CT molecular complexity index is 859. The van der Waals surface area contributed by atoms with E-state index in [-0.39, 0.29) is 16.0 Å². The molecule has 7 heteroatoms. The molecular formula is C14H8ClNO4S. The number of imide groups is 1. The molecule has 0 aromatic heterocycles. The molecular weight excluding hydrogens is 314 g/mol. The van der Waals surface area contributed by atoms with Crippen LogP contribution < -0.4 is 0 Å². The fraction of sp³-hybridized carbons (Fsp3) is 0. The molecule has 0 fully saturated rings. The second kappa shape index (κ2) is 4.68. The van der Waals surface area contributed by atoms with Crippen LogP contribution >= 0.6 is 11.6 Å². The van der Waals surface area contributed by atoms with Crippen LogP contribution in [0.5, 0.6) is 0 Å². The van der Waals surface area contributed by atoms with Crippen LogP contribution in [0.2, 0.25) is 5.02 Å². The van der Waals surface area contributed by atoms with E-state index in [0.717, 1.165) is 0 Å². The molecule has 1 heterocycles. The van der Waals surface area contributed by atoms with Gasteiger partial charge in [-0.15, -0.1) is 0 Å². The highest BCUT2D eigenvalue weighted by Gasteiger charge is 2.45. The van der Waals surface area contributed by atoms with E-state index >= 15 is 0 Å². The van der Waals surface area contributed by atoms with Gasteiger partial charge in [0, 0.05) is 10.6 Å². The Labute approximate surface area is 125 Å². The Balaban J connectivity index is 2.11. The zero-order valence-electron chi connectivity index (χ0n) is 10.5. The van der Waals surface area contributed by atoms with Crippen LogP contribution in [-0.4, -0.2) is 24.5 Å². The molecule has 0 aliphatic carbocycles. The topological polar surface area (TPSA) is 71.5 Å². The molecule has 0 N–H and O–H groups in total. The van der Waals surface area contributed by atoms with Gasteiger partial charge < -0.3 is 0 Å². The van der Waals surface area contributed by atoms with Crippen molar-refractivity contribution in [3.8, 4) is 0 Å². The van der Waals surface area contributed by atoms with Gasteiger partial charge in [-0.25, -0.2) is 8.42 Å². The monoisotopic (exact) mass is 321 g/mol. The van der Waals surface area contributed by atoms with Gasteiger partial charge in [-0.05, 0) is 36.4 Å². The average molecular weight is 322 g/mol. The lowest BCUT2D eigenvalue weighted by Crippen LogP contribution is -2.36. The van der Waals surface area contributed by atoms with Crippen molar-refractivity contribution < 1.29 is 18.0 Å². The van der Waals surface area contributed by atoms with E-state index in [1.165, 1.54) is 42.5 Å². The van der Waals surface area contributed by atoms with Gasteiger partial charge >= 0.3 is 0 Å². The Kier molecular flexibility index (Phi) is 3.07. The molecule has 1 aliphatic rings. The van der Waals surface area contributed by atoms with E-state index in [9.17, 15) is 18.0 Å². The van der Waals surface area contributed by atoms with E-state index in [1.54, 1.807) is 6.07 Å². The number of carbonyl (C=O) groups excluding carboxylic acids is 2. The van der Waals surface area contributed by atoms with Crippen molar-refractivity contribution in [1.82, 2.24) is 4.31 Å². The summed E-state index contributed by atoms with van der Waals surface area (Å²) in [4.78, 5) is 24.4. The predicted octanol–water partition coefficient (Wildman–Crippen LogP) is 2.32. The van der Waals surface area contributed by atoms with Crippen LogP contribution in [0, 0.1) is 0 Å². The highest BCUT2D eigenvalue weighted by Crippen LogP contribution is 2.31. The normalized spacial score (nSPS) is 15.9. The number of nitrogens with zero attached hydrogens (tertiary/aromatic N) is 1. The van der Waals surface area contributed by atoms with Gasteiger partial charge in [0.25, 0.3) is 21.8 Å². The van der Waals surface area contributed by atoms with Crippen LogP contribution in [0.3, 0.4) is 0 Å². The van der Waals surface area contributed by atoms with E-state index in [4.69, 9.17) is 11.6 Å². The zero-order chi connectivity index (χ0) is 15.2. The van der Waals surface area contributed by atoms with Crippen LogP contribution in [0.25, 0.3) is 0 Å². The molecule has 0 saturated heterocycles. The molecule has 0 unspecified atom stereocenters. The van der Waals surface area contributed by atoms with E-state index in [0.29, 0.717) is 9.33 Å². The third-order valence-electron chi connectivity index (χ3n) is 3.10. The van der Waals surface area contributed by atoms with Crippen LogP contribution in [0.15, 0.2) is 53.4 Å². The van der Waals surface area contributed by atoms with Gasteiger partial charge in [-0.1, -0.05) is 23.7 Å². The molecule has 0 spiro atoms. The van der Waals surface area contributed by atoms with Gasteiger partial charge in [-0.3, -0.25) is 9.59 Å². The molecule has 5 nitrogen and oxygen atoms in total. The Morgan fingerprint density at radius 1 is 1.00 bits per heavy atom. The maximum atomic E-state index is 12.3. The lowest BCUT2D eigenvalue weighted by molar-refractivity contribution is 0.0740. The molecule has 0 radical (unpaired) electrons. The first kappa shape index (κ1) is 13.8. The maximum Gasteiger partial charge on any atom is 0.276 e. The third-order valence-corrected chi connectivity index (χ3v) is 5.07. The summed E-state index contributed by atoms with van der Waals surface area (Å²) in [6.07, 6.45) is 0. The second-order valence-corrected chi connectivity index (χ2v) is 6.57. The van der Waals surface area contributed by atoms with Gasteiger partial charge in [0.15, 0.2) is 0 Å². The van der Waals surface area contributed by atoms with E-state index in [2.05, 4.69) is 0 Å². The summed E-state index contributed by atoms with van der Waals surface area (Å²) in [6, 6.07) is 11.4. The second-order valence-electron chi connectivity index (χ2n) is 4.38. The number of benzene rings is 2. The van der Waals surface area contributed by atoms with Gasteiger partial charge in [0.2, 0.25) is 0 Å². The van der Waals surface area contributed by atoms with Crippen LogP contribution in [0.1, 0.15) is 20.7 Å². The number of halogens is 1. The number of sulfonamides is 1. The molecule has 21 heavy (non-hydrogen) atoms. The molecule has 0 atom stereocenters. The maximum absolute atomic E-state index is 12.3. The van der Waals surface area contributed by atoms with Gasteiger partial charge in [0.1, 0.15) is 4.90 Å². The molecule has 0 bridgehead atoms. The van der Waals surface area contributed by atoms with Crippen molar-refractivity contribution in [2.75, 3.05) is 0 Å². The summed E-state index contributed by atoms with van der Waals surface area (Å²) in [5.41, 5.74) is 0.0731. The Morgan fingerprint density at radius 2 is 1.62 bits per heavy atom. The average Bonchev–Trinajstić information content (AvgIpc) is 2.67. The number of hydrogen-bond donors (Lipinski definition) is 0. The van der Waals surface area contributed by atoms with Crippen molar-refractivity contribution in [3.05, 3.63) is 64.7 Å². The summed E-state index contributed by atoms with van der Waals surface area (Å²) in [7, 11) is -4.15. The Hall–Kier alpha value is -2.18. The third kappa shape index (κ3) is 2.03. The minimum Gasteiger partial charge on any atom is -0.267 e. The summed E-state index contributed by atoms with van der Waals surface area (Å²) >= 11 is 5.72. The van der Waals surface area contributed by atoms with Crippen LogP contribution in [0.4, 0.5) is 0 Å². The highest BCUT2D eigenvalue weighted by molar-refractivity contribution is 7.90. The number of fused-ring (bicyclic) bond motifs is 1. The van der Waals surface area contributed by atoms with E-state index in [1.807, 2.05) is 0 Å². The largest absolute Gasteiger partial charge is 0.276 e. The van der Waals surface area contributed by atoms with E-state index < -0.39 is 21.8 Å². The summed E-state index contributed by atoms with van der Waals surface area (Å²) in [5, 5.41) is 0.408. The smallest absolute Gasteiger partial charge is 0.267 e. The Morgan fingerprint density at radius 3 is 2.24 bits per heavy atom. The van der Waals surface area contributed by atoms with Crippen molar-refractivity contribution in [3.63, 3.8) is 0 Å². The molecule has 2 amide bonds. The molecule has 106 valence electrons. The number of carbonyl (C=O) groups is 2. The quantitative estimate of drug-likeness (QED) is 0.756. The first-order valence-electron chi connectivity index (χ1n) is 5.91. The number of rotatable bonds is 1. The summed E-state index contributed by atoms with van der Waals surface area (Å²) in [6.45, 7) is 0. The molecule has 2 aromatic carbocycles. The summed E-state index contributed by atoms with van der Waals surface area (Å²) < 4.78 is 25.0. The van der Waals surface area contributed by atoms with Crippen molar-refractivity contribution in [2.45, 2.75) is 4.90 Å². The predicted molar refractivity (Wildman–Crippen MR) is 75.6 cm³/mol. The van der Waals surface area contributed by atoms with Gasteiger partial charge in [-0.2, -0.15) is 4.31 Å². The first-order valence-corrected chi connectivity index (χ1v) is 7.73. The molecule has 3 rings (SSSR count). The minimum atomic E-state index is -4.15. The standard InChI is InChI=1S/C14H8ClNO4S/c15-10-7-5-9(6-8-10)13(17)16-14(18)11-3-1-2-4-12(11)21(16,19)20/h1-8H. The lowest BCUT2D eigenvalue weighted by atomic mass is 10.2. The van der Waals surface area contributed by atoms with Crippen LogP contribution in [-0.2, 0) is 10.0 Å². The number of amides is 2. The first-order chi connectivity index (χ1) is 9.93.